The normalized spacial score (nSPS) is 10.2. The second-order valence-corrected chi connectivity index (χ2v) is 4.04. The van der Waals surface area contributed by atoms with E-state index in [0.29, 0.717) is 0 Å². The Morgan fingerprint density at radius 3 is 2.57 bits per heavy atom. The average Bonchev–Trinajstić information content (AvgIpc) is 2.42. The third-order valence-corrected chi connectivity index (χ3v) is 2.60. The van der Waals surface area contributed by atoms with Crippen LogP contribution in [0.5, 0.6) is 5.75 Å². The molecule has 0 atom stereocenters. The van der Waals surface area contributed by atoms with Crippen LogP contribution in [-0.4, -0.2) is 15.9 Å². The van der Waals surface area contributed by atoms with Crippen molar-refractivity contribution >= 4 is 17.3 Å². The Kier molecular flexibility index (Phi) is 3.79. The highest BCUT2D eigenvalue weighted by Gasteiger charge is 2.21. The summed E-state index contributed by atoms with van der Waals surface area (Å²) in [6.07, 6.45) is 0. The molecule has 2 rings (SSSR count). The van der Waals surface area contributed by atoms with Gasteiger partial charge in [0.15, 0.2) is 0 Å². The van der Waals surface area contributed by atoms with Gasteiger partial charge in [-0.15, -0.1) is 0 Å². The van der Waals surface area contributed by atoms with Crippen molar-refractivity contribution in [1.82, 2.24) is 0 Å². The lowest BCUT2D eigenvalue weighted by atomic mass is 10.1. The number of carbonyl (C=O) groups is 1. The van der Waals surface area contributed by atoms with Crippen LogP contribution in [-0.2, 0) is 0 Å². The fraction of sp³-hybridized carbons (Fsp3) is 0. The molecule has 0 aromatic heterocycles. The van der Waals surface area contributed by atoms with E-state index >= 15 is 0 Å². The number of carbonyl (C=O) groups excluding carboxylic acids is 1. The molecule has 0 saturated heterocycles. The number of phenols is 1. The van der Waals surface area contributed by atoms with E-state index in [0.717, 1.165) is 36.4 Å². The molecule has 6 nitrogen and oxygen atoms in total. The second kappa shape index (κ2) is 5.53. The quantitative estimate of drug-likeness (QED) is 0.672. The van der Waals surface area contributed by atoms with Crippen LogP contribution in [0.15, 0.2) is 36.4 Å². The number of aromatic hydroxyl groups is 1. The second-order valence-electron chi connectivity index (χ2n) is 4.04. The van der Waals surface area contributed by atoms with E-state index in [1.54, 1.807) is 0 Å². The van der Waals surface area contributed by atoms with Gasteiger partial charge in [0, 0.05) is 12.1 Å². The average molecular weight is 294 g/mol. The van der Waals surface area contributed by atoms with E-state index in [9.17, 15) is 28.8 Å². The molecule has 0 saturated carbocycles. The summed E-state index contributed by atoms with van der Waals surface area (Å²) in [5.74, 6) is -3.09. The van der Waals surface area contributed by atoms with Crippen LogP contribution in [0.4, 0.5) is 20.2 Å². The Balaban J connectivity index is 2.39. The molecule has 108 valence electrons. The summed E-state index contributed by atoms with van der Waals surface area (Å²) >= 11 is 0. The number of halogens is 2. The first-order chi connectivity index (χ1) is 9.88. The van der Waals surface area contributed by atoms with Gasteiger partial charge in [-0.2, -0.15) is 0 Å². The van der Waals surface area contributed by atoms with E-state index in [1.807, 2.05) is 5.32 Å². The molecule has 2 aromatic rings. The van der Waals surface area contributed by atoms with Gasteiger partial charge in [0.2, 0.25) is 0 Å². The molecule has 0 heterocycles. The number of nitro groups is 1. The first-order valence-corrected chi connectivity index (χ1v) is 5.62. The molecule has 0 aliphatic heterocycles. The molecule has 0 aliphatic rings. The maximum Gasteiger partial charge on any atom is 0.282 e. The molecule has 1 amide bonds. The maximum atomic E-state index is 13.4. The maximum absolute atomic E-state index is 13.4. The molecule has 0 unspecified atom stereocenters. The van der Waals surface area contributed by atoms with Crippen molar-refractivity contribution in [2.45, 2.75) is 0 Å². The van der Waals surface area contributed by atoms with Crippen molar-refractivity contribution in [2.75, 3.05) is 5.32 Å². The molecule has 2 aromatic carbocycles. The SMILES string of the molecule is O=C(Nc1cc(F)ccc1F)c1cc(O)ccc1[N+](=O)[O-]. The number of anilines is 1. The molecule has 0 spiro atoms. The summed E-state index contributed by atoms with van der Waals surface area (Å²) in [6, 6.07) is 5.25. The molecule has 0 aliphatic carbocycles. The zero-order chi connectivity index (χ0) is 15.6. The molecule has 2 N–H and O–H groups in total. The fourth-order valence-electron chi connectivity index (χ4n) is 1.65. The molecule has 0 fully saturated rings. The van der Waals surface area contributed by atoms with Gasteiger partial charge in [0.1, 0.15) is 22.9 Å². The van der Waals surface area contributed by atoms with Crippen LogP contribution in [0.2, 0.25) is 0 Å². The summed E-state index contributed by atoms with van der Waals surface area (Å²) in [6.45, 7) is 0. The lowest BCUT2D eigenvalue weighted by Crippen LogP contribution is -2.15. The number of amides is 1. The van der Waals surface area contributed by atoms with Crippen molar-refractivity contribution in [3.05, 3.63) is 63.7 Å². The first kappa shape index (κ1) is 14.4. The van der Waals surface area contributed by atoms with Crippen molar-refractivity contribution in [2.24, 2.45) is 0 Å². The van der Waals surface area contributed by atoms with Crippen LogP contribution >= 0.6 is 0 Å². The van der Waals surface area contributed by atoms with Crippen molar-refractivity contribution in [3.63, 3.8) is 0 Å². The number of nitro benzene ring substituents is 1. The van der Waals surface area contributed by atoms with Gasteiger partial charge < -0.3 is 10.4 Å². The molecule has 8 heteroatoms. The molecular formula is C13H8F2N2O4. The summed E-state index contributed by atoms with van der Waals surface area (Å²) < 4.78 is 26.4. The van der Waals surface area contributed by atoms with Crippen LogP contribution in [0.3, 0.4) is 0 Å². The fourth-order valence-corrected chi connectivity index (χ4v) is 1.65. The number of rotatable bonds is 3. The van der Waals surface area contributed by atoms with E-state index in [-0.39, 0.29) is 5.75 Å². The standard InChI is InChI=1S/C13H8F2N2O4/c14-7-1-3-10(15)11(5-7)16-13(19)9-6-8(18)2-4-12(9)17(20)21/h1-6,18H,(H,16,19). The highest BCUT2D eigenvalue weighted by molar-refractivity contribution is 6.07. The van der Waals surface area contributed by atoms with E-state index in [4.69, 9.17) is 0 Å². The third-order valence-electron chi connectivity index (χ3n) is 2.60. The number of benzene rings is 2. The zero-order valence-electron chi connectivity index (χ0n) is 10.3. The highest BCUT2D eigenvalue weighted by atomic mass is 19.1. The molecular weight excluding hydrogens is 286 g/mol. The van der Waals surface area contributed by atoms with Gasteiger partial charge in [-0.05, 0) is 24.3 Å². The Morgan fingerprint density at radius 1 is 1.19 bits per heavy atom. The minimum absolute atomic E-state index is 0.370. The van der Waals surface area contributed by atoms with Gasteiger partial charge in [0.05, 0.1) is 10.6 Å². The van der Waals surface area contributed by atoms with E-state index in [1.165, 1.54) is 0 Å². The Bertz CT molecular complexity index is 734. The largest absolute Gasteiger partial charge is 0.508 e. The minimum atomic E-state index is -1.04. The number of phenolic OH excluding ortho intramolecular Hbond substituents is 1. The lowest BCUT2D eigenvalue weighted by Gasteiger charge is -2.07. The van der Waals surface area contributed by atoms with Crippen molar-refractivity contribution < 1.29 is 23.6 Å². The lowest BCUT2D eigenvalue weighted by molar-refractivity contribution is -0.385. The zero-order valence-corrected chi connectivity index (χ0v) is 10.3. The van der Waals surface area contributed by atoms with Gasteiger partial charge in [-0.1, -0.05) is 0 Å². The number of hydrogen-bond acceptors (Lipinski definition) is 4. The highest BCUT2D eigenvalue weighted by Crippen LogP contribution is 2.25. The molecule has 0 bridgehead atoms. The van der Waals surface area contributed by atoms with Crippen molar-refractivity contribution in [1.29, 1.82) is 0 Å². The van der Waals surface area contributed by atoms with Gasteiger partial charge in [0.25, 0.3) is 11.6 Å². The summed E-state index contributed by atoms with van der Waals surface area (Å²) in [4.78, 5) is 21.9. The summed E-state index contributed by atoms with van der Waals surface area (Å²) in [5, 5.41) is 22.1. The van der Waals surface area contributed by atoms with Crippen LogP contribution in [0.1, 0.15) is 10.4 Å². The number of hydrogen-bond donors (Lipinski definition) is 2. The van der Waals surface area contributed by atoms with Gasteiger partial charge in [-0.25, -0.2) is 8.78 Å². The predicted molar refractivity (Wildman–Crippen MR) is 69.1 cm³/mol. The van der Waals surface area contributed by atoms with Crippen LogP contribution in [0.25, 0.3) is 0 Å². The number of nitrogens with zero attached hydrogens (tertiary/aromatic N) is 1. The smallest absolute Gasteiger partial charge is 0.282 e. The Hall–Kier alpha value is -3.03. The summed E-state index contributed by atoms with van der Waals surface area (Å²) in [7, 11) is 0. The van der Waals surface area contributed by atoms with Gasteiger partial charge in [-0.3, -0.25) is 14.9 Å². The summed E-state index contributed by atoms with van der Waals surface area (Å²) in [5.41, 5.74) is -1.50. The molecule has 21 heavy (non-hydrogen) atoms. The van der Waals surface area contributed by atoms with Gasteiger partial charge >= 0.3 is 0 Å². The van der Waals surface area contributed by atoms with Crippen molar-refractivity contribution in [3.8, 4) is 5.75 Å². The van der Waals surface area contributed by atoms with Crippen LogP contribution < -0.4 is 5.32 Å². The first-order valence-electron chi connectivity index (χ1n) is 5.62. The monoisotopic (exact) mass is 294 g/mol. The predicted octanol–water partition coefficient (Wildman–Crippen LogP) is 2.83. The van der Waals surface area contributed by atoms with Crippen LogP contribution in [0, 0.1) is 21.7 Å². The van der Waals surface area contributed by atoms with E-state index < -0.39 is 39.4 Å². The third kappa shape index (κ3) is 3.11. The molecule has 0 radical (unpaired) electrons. The number of nitrogens with one attached hydrogen (secondary N) is 1. The topological polar surface area (TPSA) is 92.5 Å². The Labute approximate surface area is 116 Å². The van der Waals surface area contributed by atoms with E-state index in [2.05, 4.69) is 0 Å². The minimum Gasteiger partial charge on any atom is -0.508 e. The Morgan fingerprint density at radius 2 is 1.90 bits per heavy atom.